The van der Waals surface area contributed by atoms with Crippen LogP contribution in [0.4, 0.5) is 0 Å². The van der Waals surface area contributed by atoms with Gasteiger partial charge in [0.05, 0.1) is 12.2 Å². The first-order valence-corrected chi connectivity index (χ1v) is 9.18. The lowest BCUT2D eigenvalue weighted by atomic mass is 10.1. The van der Waals surface area contributed by atoms with Crippen molar-refractivity contribution in [3.8, 4) is 11.5 Å². The summed E-state index contributed by atoms with van der Waals surface area (Å²) in [5, 5.41) is 0. The summed E-state index contributed by atoms with van der Waals surface area (Å²) in [6.07, 6.45) is 2.64. The van der Waals surface area contributed by atoms with Crippen molar-refractivity contribution in [2.45, 2.75) is 44.9 Å². The highest BCUT2D eigenvalue weighted by atomic mass is 16.7. The molecule has 0 aromatic heterocycles. The standard InChI is InChI=1S/C19H26N2O4/c1-13-9-20(10-14(2)25-13)11-16-4-3-7-21(16)19(22)15-5-6-17-18(8-15)24-12-23-17/h5-6,8,13-14,16H,3-4,7,9-12H2,1-2H3/t13-,14-,16+/m1/s1. The summed E-state index contributed by atoms with van der Waals surface area (Å²) in [5.74, 6) is 1.47. The molecule has 1 aromatic rings. The molecule has 3 atom stereocenters. The van der Waals surface area contributed by atoms with Gasteiger partial charge in [-0.15, -0.1) is 0 Å². The number of likely N-dealkylation sites (tertiary alicyclic amines) is 1. The Morgan fingerprint density at radius 3 is 2.72 bits per heavy atom. The van der Waals surface area contributed by atoms with Crippen LogP contribution in [0.2, 0.25) is 0 Å². The molecule has 0 bridgehead atoms. The molecule has 6 heteroatoms. The molecule has 0 saturated carbocycles. The van der Waals surface area contributed by atoms with Crippen LogP contribution in [0, 0.1) is 0 Å². The van der Waals surface area contributed by atoms with Gasteiger partial charge >= 0.3 is 0 Å². The van der Waals surface area contributed by atoms with E-state index in [1.807, 2.05) is 17.0 Å². The van der Waals surface area contributed by atoms with E-state index in [1.165, 1.54) is 0 Å². The van der Waals surface area contributed by atoms with Gasteiger partial charge < -0.3 is 19.1 Å². The summed E-state index contributed by atoms with van der Waals surface area (Å²) in [5.41, 5.74) is 0.680. The van der Waals surface area contributed by atoms with Crippen LogP contribution < -0.4 is 9.47 Å². The molecular formula is C19H26N2O4. The van der Waals surface area contributed by atoms with E-state index < -0.39 is 0 Å². The number of amides is 1. The van der Waals surface area contributed by atoms with Crippen molar-refractivity contribution in [2.24, 2.45) is 0 Å². The average Bonchev–Trinajstić information content (AvgIpc) is 3.21. The van der Waals surface area contributed by atoms with Crippen molar-refractivity contribution in [1.29, 1.82) is 0 Å². The number of ether oxygens (including phenoxy) is 3. The Kier molecular flexibility index (Phi) is 4.56. The van der Waals surface area contributed by atoms with E-state index in [-0.39, 0.29) is 30.9 Å². The van der Waals surface area contributed by atoms with Crippen molar-refractivity contribution in [1.82, 2.24) is 9.80 Å². The van der Waals surface area contributed by atoms with Crippen molar-refractivity contribution in [2.75, 3.05) is 33.0 Å². The topological polar surface area (TPSA) is 51.2 Å². The first kappa shape index (κ1) is 16.7. The fraction of sp³-hybridized carbons (Fsp3) is 0.632. The molecule has 0 spiro atoms. The summed E-state index contributed by atoms with van der Waals surface area (Å²) in [4.78, 5) is 17.5. The lowest BCUT2D eigenvalue weighted by Gasteiger charge is -2.38. The van der Waals surface area contributed by atoms with E-state index in [2.05, 4.69) is 18.7 Å². The summed E-state index contributed by atoms with van der Waals surface area (Å²) < 4.78 is 16.6. The number of hydrogen-bond acceptors (Lipinski definition) is 5. The van der Waals surface area contributed by atoms with Gasteiger partial charge in [0.15, 0.2) is 11.5 Å². The Balaban J connectivity index is 1.45. The molecule has 136 valence electrons. The van der Waals surface area contributed by atoms with E-state index in [0.29, 0.717) is 17.1 Å². The Morgan fingerprint density at radius 2 is 1.92 bits per heavy atom. The predicted molar refractivity (Wildman–Crippen MR) is 93.1 cm³/mol. The van der Waals surface area contributed by atoms with Crippen LogP contribution in [0.5, 0.6) is 11.5 Å². The van der Waals surface area contributed by atoms with Gasteiger partial charge in [0, 0.05) is 37.8 Å². The molecule has 2 saturated heterocycles. The Hall–Kier alpha value is -1.79. The van der Waals surface area contributed by atoms with Gasteiger partial charge in [0.1, 0.15) is 0 Å². The summed E-state index contributed by atoms with van der Waals surface area (Å²) >= 11 is 0. The zero-order valence-electron chi connectivity index (χ0n) is 14.9. The highest BCUT2D eigenvalue weighted by Crippen LogP contribution is 2.33. The zero-order valence-corrected chi connectivity index (χ0v) is 14.9. The van der Waals surface area contributed by atoms with Gasteiger partial charge in [0.2, 0.25) is 6.79 Å². The molecule has 3 aliphatic heterocycles. The molecule has 2 fully saturated rings. The number of nitrogens with zero attached hydrogens (tertiary/aromatic N) is 2. The number of carbonyl (C=O) groups is 1. The first-order chi connectivity index (χ1) is 12.1. The second-order valence-corrected chi connectivity index (χ2v) is 7.34. The summed E-state index contributed by atoms with van der Waals surface area (Å²) in [6, 6.07) is 5.74. The largest absolute Gasteiger partial charge is 0.454 e. The van der Waals surface area contributed by atoms with Crippen LogP contribution in [0.15, 0.2) is 18.2 Å². The fourth-order valence-electron chi connectivity index (χ4n) is 4.22. The highest BCUT2D eigenvalue weighted by molar-refractivity contribution is 5.95. The third kappa shape index (κ3) is 3.46. The number of morpholine rings is 1. The number of fused-ring (bicyclic) bond motifs is 1. The molecule has 1 aromatic carbocycles. The quantitative estimate of drug-likeness (QED) is 0.839. The molecule has 25 heavy (non-hydrogen) atoms. The van der Waals surface area contributed by atoms with E-state index >= 15 is 0 Å². The molecule has 6 nitrogen and oxygen atoms in total. The van der Waals surface area contributed by atoms with Gasteiger partial charge in [-0.3, -0.25) is 9.69 Å². The molecule has 4 rings (SSSR count). The maximum Gasteiger partial charge on any atom is 0.254 e. The Bertz CT molecular complexity index is 640. The molecule has 0 aliphatic carbocycles. The molecule has 0 N–H and O–H groups in total. The highest BCUT2D eigenvalue weighted by Gasteiger charge is 2.33. The smallest absolute Gasteiger partial charge is 0.254 e. The van der Waals surface area contributed by atoms with Crippen LogP contribution in [-0.4, -0.2) is 66.9 Å². The van der Waals surface area contributed by atoms with Crippen molar-refractivity contribution < 1.29 is 19.0 Å². The second kappa shape index (κ2) is 6.84. The minimum atomic E-state index is 0.0927. The van der Waals surface area contributed by atoms with E-state index in [1.54, 1.807) is 6.07 Å². The van der Waals surface area contributed by atoms with Crippen molar-refractivity contribution >= 4 is 5.91 Å². The van der Waals surface area contributed by atoms with E-state index in [0.717, 1.165) is 39.0 Å². The van der Waals surface area contributed by atoms with Crippen molar-refractivity contribution in [3.63, 3.8) is 0 Å². The van der Waals surface area contributed by atoms with Gasteiger partial charge in [-0.05, 0) is 44.9 Å². The zero-order chi connectivity index (χ0) is 17.4. The summed E-state index contributed by atoms with van der Waals surface area (Å²) in [7, 11) is 0. The van der Waals surface area contributed by atoms with E-state index in [9.17, 15) is 4.79 Å². The lowest BCUT2D eigenvalue weighted by Crippen LogP contribution is -2.50. The van der Waals surface area contributed by atoms with Crippen LogP contribution in [0.3, 0.4) is 0 Å². The van der Waals surface area contributed by atoms with E-state index in [4.69, 9.17) is 14.2 Å². The average molecular weight is 346 g/mol. The molecule has 3 heterocycles. The molecule has 0 unspecified atom stereocenters. The predicted octanol–water partition coefficient (Wildman–Crippen LogP) is 2.13. The summed E-state index contributed by atoms with van der Waals surface area (Å²) in [6.45, 7) is 8.09. The monoisotopic (exact) mass is 346 g/mol. The third-order valence-corrected chi connectivity index (χ3v) is 5.22. The Labute approximate surface area is 148 Å². The minimum Gasteiger partial charge on any atom is -0.454 e. The van der Waals surface area contributed by atoms with Crippen LogP contribution in [-0.2, 0) is 4.74 Å². The molecule has 3 aliphatic rings. The maximum absolute atomic E-state index is 13.0. The number of hydrogen-bond donors (Lipinski definition) is 0. The first-order valence-electron chi connectivity index (χ1n) is 9.18. The Morgan fingerprint density at radius 1 is 1.16 bits per heavy atom. The third-order valence-electron chi connectivity index (χ3n) is 5.22. The number of carbonyl (C=O) groups excluding carboxylic acids is 1. The van der Waals surface area contributed by atoms with Crippen LogP contribution in [0.1, 0.15) is 37.0 Å². The van der Waals surface area contributed by atoms with Gasteiger partial charge in [0.25, 0.3) is 5.91 Å². The fourth-order valence-corrected chi connectivity index (χ4v) is 4.22. The minimum absolute atomic E-state index is 0.0927. The molecular weight excluding hydrogens is 320 g/mol. The van der Waals surface area contributed by atoms with Crippen LogP contribution >= 0.6 is 0 Å². The lowest BCUT2D eigenvalue weighted by molar-refractivity contribution is -0.0715. The van der Waals surface area contributed by atoms with Gasteiger partial charge in [-0.25, -0.2) is 0 Å². The van der Waals surface area contributed by atoms with Crippen LogP contribution in [0.25, 0.3) is 0 Å². The van der Waals surface area contributed by atoms with Crippen molar-refractivity contribution in [3.05, 3.63) is 23.8 Å². The van der Waals surface area contributed by atoms with Gasteiger partial charge in [-0.2, -0.15) is 0 Å². The SMILES string of the molecule is C[C@@H]1CN(C[C@@H]2CCCN2C(=O)c2ccc3c(c2)OCO3)C[C@@H](C)O1. The van der Waals surface area contributed by atoms with Gasteiger partial charge in [-0.1, -0.05) is 0 Å². The second-order valence-electron chi connectivity index (χ2n) is 7.34. The normalized spacial score (nSPS) is 29.2. The number of rotatable bonds is 3. The maximum atomic E-state index is 13.0. The molecule has 1 amide bonds. The number of benzene rings is 1. The molecule has 0 radical (unpaired) electrons.